The molecule has 150 valence electrons. The lowest BCUT2D eigenvalue weighted by Gasteiger charge is -2.32. The molecule has 1 amide bonds. The van der Waals surface area contributed by atoms with Crippen molar-refractivity contribution in [3.05, 3.63) is 92.3 Å². The minimum absolute atomic E-state index is 0.232. The summed E-state index contributed by atoms with van der Waals surface area (Å²) in [6.45, 7) is 0. The van der Waals surface area contributed by atoms with Crippen molar-refractivity contribution in [1.82, 2.24) is 10.3 Å². The highest BCUT2D eigenvalue weighted by Gasteiger charge is 2.35. The zero-order chi connectivity index (χ0) is 20.7. The number of furan rings is 1. The molecule has 0 radical (unpaired) electrons. The first-order chi connectivity index (χ1) is 14.6. The van der Waals surface area contributed by atoms with Gasteiger partial charge in [-0.05, 0) is 45.8 Å². The molecule has 0 saturated heterocycles. The number of nitrogens with zero attached hydrogens (tertiary/aromatic N) is 3. The van der Waals surface area contributed by atoms with Gasteiger partial charge in [0.2, 0.25) is 6.17 Å². The van der Waals surface area contributed by atoms with Gasteiger partial charge in [-0.25, -0.2) is 10.0 Å². The van der Waals surface area contributed by atoms with Gasteiger partial charge in [-0.15, -0.1) is 5.10 Å². The third kappa shape index (κ3) is 3.55. The Bertz CT molecular complexity index is 1310. The number of hydrogen-bond acceptors (Lipinski definition) is 6. The molecule has 2 aliphatic rings. The molecule has 1 atom stereocenters. The summed E-state index contributed by atoms with van der Waals surface area (Å²) >= 11 is 11.0. The Balaban J connectivity index is 1.56. The number of hydrogen-bond donors (Lipinski definition) is 1. The molecule has 5 rings (SSSR count). The maximum Gasteiger partial charge on any atom is 0.276 e. The summed E-state index contributed by atoms with van der Waals surface area (Å²) < 4.78 is 6.33. The van der Waals surface area contributed by atoms with E-state index in [1.807, 2.05) is 54.6 Å². The molecule has 9 heteroatoms. The zero-order valence-electron chi connectivity index (χ0n) is 15.4. The van der Waals surface area contributed by atoms with E-state index in [0.29, 0.717) is 32.1 Å². The first kappa shape index (κ1) is 19.4. The Morgan fingerprint density at radius 2 is 1.93 bits per heavy atom. The number of hydrazone groups is 1. The molecule has 3 aromatic rings. The molecular weight excluding hydrogens is 488 g/mol. The molecule has 3 heterocycles. The summed E-state index contributed by atoms with van der Waals surface area (Å²) in [5, 5.41) is 11.8. The van der Waals surface area contributed by atoms with Gasteiger partial charge in [-0.2, -0.15) is 0 Å². The van der Waals surface area contributed by atoms with Gasteiger partial charge in [0.1, 0.15) is 5.70 Å². The second-order valence-corrected chi connectivity index (χ2v) is 8.75. The molecule has 2 aromatic carbocycles. The molecule has 2 aliphatic heterocycles. The number of rotatable bonds is 3. The molecule has 30 heavy (non-hydrogen) atoms. The molecule has 1 aromatic heterocycles. The summed E-state index contributed by atoms with van der Waals surface area (Å²) in [5.41, 5.74) is 1.41. The van der Waals surface area contributed by atoms with Crippen molar-refractivity contribution < 1.29 is 9.21 Å². The zero-order valence-corrected chi connectivity index (χ0v) is 18.5. The van der Waals surface area contributed by atoms with E-state index in [4.69, 9.17) is 26.1 Å². The fraction of sp³-hybridized carbons (Fsp3) is 0.0952. The number of carbonyl (C=O) groups excluding carboxylic acids is 1. The van der Waals surface area contributed by atoms with Gasteiger partial charge < -0.3 is 4.42 Å². The number of thioether (sulfide) groups is 1. The van der Waals surface area contributed by atoms with E-state index in [9.17, 15) is 4.79 Å². The van der Waals surface area contributed by atoms with Crippen LogP contribution in [-0.4, -0.2) is 16.1 Å². The molecule has 6 nitrogen and oxygen atoms in total. The predicted octanol–water partition coefficient (Wildman–Crippen LogP) is 3.77. The van der Waals surface area contributed by atoms with Crippen LogP contribution < -0.4 is 15.9 Å². The highest BCUT2D eigenvalue weighted by atomic mass is 79.9. The largest absolute Gasteiger partial charge is 0.450 e. The van der Waals surface area contributed by atoms with Crippen molar-refractivity contribution >= 4 is 56.1 Å². The van der Waals surface area contributed by atoms with Crippen LogP contribution in [0.3, 0.4) is 0 Å². The Morgan fingerprint density at radius 3 is 2.73 bits per heavy atom. The van der Waals surface area contributed by atoms with Crippen molar-refractivity contribution in [1.29, 1.82) is 0 Å². The predicted molar refractivity (Wildman–Crippen MR) is 120 cm³/mol. The summed E-state index contributed by atoms with van der Waals surface area (Å²) in [6.07, 6.45) is -0.580. The van der Waals surface area contributed by atoms with Crippen LogP contribution in [0.15, 0.2) is 79.8 Å². The number of carbonyl (C=O) groups is 1. The Kier molecular flexibility index (Phi) is 5.14. The number of amides is 1. The number of halogens is 2. The highest BCUT2D eigenvalue weighted by Crippen LogP contribution is 2.33. The number of amidine groups is 1. The van der Waals surface area contributed by atoms with E-state index in [-0.39, 0.29) is 5.91 Å². The summed E-state index contributed by atoms with van der Waals surface area (Å²) in [7, 11) is 0. The molecule has 1 unspecified atom stereocenters. The van der Waals surface area contributed by atoms with Gasteiger partial charge in [0.15, 0.2) is 15.6 Å². The van der Waals surface area contributed by atoms with Crippen molar-refractivity contribution in [2.24, 2.45) is 10.1 Å². The lowest BCUT2D eigenvalue weighted by atomic mass is 10.1. The van der Waals surface area contributed by atoms with E-state index in [2.05, 4.69) is 21.2 Å². The Hall–Kier alpha value is -2.55. The molecule has 0 spiro atoms. The molecular formula is C21H14BrClN4O2S. The molecule has 1 N–H and O–H groups in total. The van der Waals surface area contributed by atoms with Crippen LogP contribution in [-0.2, 0) is 10.5 Å². The fourth-order valence-corrected chi connectivity index (χ4v) is 4.76. The van der Waals surface area contributed by atoms with Gasteiger partial charge >= 0.3 is 0 Å². The Morgan fingerprint density at radius 1 is 1.13 bits per heavy atom. The second-order valence-electron chi connectivity index (χ2n) is 6.59. The number of benzene rings is 2. The van der Waals surface area contributed by atoms with E-state index in [1.165, 1.54) is 11.8 Å². The lowest BCUT2D eigenvalue weighted by Crippen LogP contribution is -2.50. The summed E-state index contributed by atoms with van der Waals surface area (Å²) in [5.74, 6) is 0.930. The number of para-hydroxylation sites is 1. The van der Waals surface area contributed by atoms with E-state index in [0.717, 1.165) is 16.1 Å². The standard InChI is InChI=1S/C21H14BrClN4O2S/c22-17-10-9-16(29-17)19-24-15-8-4-2-6-13(15)18-20(28)25-21(26-27(18)19)30-11-12-5-1-3-7-14(12)23/h1-10,19H,11H2,(H,25,26,28). The first-order valence-electron chi connectivity index (χ1n) is 9.08. The van der Waals surface area contributed by atoms with Crippen molar-refractivity contribution in [3.63, 3.8) is 0 Å². The minimum atomic E-state index is -0.580. The van der Waals surface area contributed by atoms with Crippen LogP contribution >= 0.6 is 39.3 Å². The molecule has 0 saturated carbocycles. The summed E-state index contributed by atoms with van der Waals surface area (Å²) in [6, 6.07) is 18.7. The molecule has 0 fully saturated rings. The van der Waals surface area contributed by atoms with E-state index >= 15 is 0 Å². The lowest BCUT2D eigenvalue weighted by molar-refractivity contribution is -0.116. The average Bonchev–Trinajstić information content (AvgIpc) is 3.18. The van der Waals surface area contributed by atoms with Crippen LogP contribution in [0.4, 0.5) is 0 Å². The topological polar surface area (TPSA) is 70.2 Å². The first-order valence-corrected chi connectivity index (χ1v) is 11.2. The van der Waals surface area contributed by atoms with Crippen molar-refractivity contribution in [2.75, 3.05) is 0 Å². The second kappa shape index (κ2) is 7.94. The minimum Gasteiger partial charge on any atom is -0.450 e. The van der Waals surface area contributed by atoms with Crippen LogP contribution in [0.1, 0.15) is 17.5 Å². The molecule has 0 aliphatic carbocycles. The van der Waals surface area contributed by atoms with Crippen molar-refractivity contribution in [3.8, 4) is 0 Å². The smallest absolute Gasteiger partial charge is 0.276 e. The quantitative estimate of drug-likeness (QED) is 0.593. The Labute approximate surface area is 189 Å². The third-order valence-electron chi connectivity index (χ3n) is 4.69. The van der Waals surface area contributed by atoms with Crippen LogP contribution in [0, 0.1) is 0 Å². The number of fused-ring (bicyclic) bond motifs is 2. The van der Waals surface area contributed by atoms with Gasteiger partial charge in [0.25, 0.3) is 5.91 Å². The third-order valence-corrected chi connectivity index (χ3v) is 6.39. The van der Waals surface area contributed by atoms with E-state index in [1.54, 1.807) is 11.1 Å². The SMILES string of the molecule is O=C1NC(SCc2ccccc2Cl)=NN2C1=c1ccccc1=NC2c1ccc(Br)o1. The van der Waals surface area contributed by atoms with Crippen LogP contribution in [0.25, 0.3) is 5.70 Å². The monoisotopic (exact) mass is 500 g/mol. The average molecular weight is 502 g/mol. The van der Waals surface area contributed by atoms with Gasteiger partial charge in [-0.1, -0.05) is 59.8 Å². The van der Waals surface area contributed by atoms with Crippen molar-refractivity contribution in [2.45, 2.75) is 11.9 Å². The maximum atomic E-state index is 13.1. The van der Waals surface area contributed by atoms with E-state index < -0.39 is 6.17 Å². The van der Waals surface area contributed by atoms with Gasteiger partial charge in [0.05, 0.1) is 5.36 Å². The van der Waals surface area contributed by atoms with Gasteiger partial charge in [0, 0.05) is 16.0 Å². The summed E-state index contributed by atoms with van der Waals surface area (Å²) in [4.78, 5) is 17.9. The van der Waals surface area contributed by atoms with Crippen LogP contribution in [0.2, 0.25) is 5.02 Å². The number of nitrogens with one attached hydrogen (secondary N) is 1. The fourth-order valence-electron chi connectivity index (χ4n) is 3.31. The normalized spacial score (nSPS) is 17.6. The van der Waals surface area contributed by atoms with Crippen LogP contribution in [0.5, 0.6) is 0 Å². The molecule has 0 bridgehead atoms. The maximum absolute atomic E-state index is 13.1. The van der Waals surface area contributed by atoms with Gasteiger partial charge in [-0.3, -0.25) is 10.1 Å². The highest BCUT2D eigenvalue weighted by molar-refractivity contribution is 9.10.